The Balaban J connectivity index is 2.21. The first-order chi connectivity index (χ1) is 8.49. The molecule has 1 aromatic carbocycles. The van der Waals surface area contributed by atoms with Crippen LogP contribution in [0.15, 0.2) is 16.6 Å². The summed E-state index contributed by atoms with van der Waals surface area (Å²) in [6.07, 6.45) is 0.600. The molecule has 0 saturated carbocycles. The van der Waals surface area contributed by atoms with Crippen LogP contribution >= 0.6 is 15.9 Å². The first-order valence-corrected chi connectivity index (χ1v) is 6.38. The summed E-state index contributed by atoms with van der Waals surface area (Å²) in [4.78, 5) is 24.0. The Morgan fingerprint density at radius 2 is 2.11 bits per heavy atom. The van der Waals surface area contributed by atoms with Gasteiger partial charge in [0.05, 0.1) is 17.8 Å². The van der Waals surface area contributed by atoms with Crippen LogP contribution in [0.1, 0.15) is 18.4 Å². The summed E-state index contributed by atoms with van der Waals surface area (Å²) >= 11 is 3.36. The van der Waals surface area contributed by atoms with Crippen LogP contribution in [0, 0.1) is 0 Å². The van der Waals surface area contributed by atoms with Crippen LogP contribution in [0.5, 0.6) is 0 Å². The molecule has 0 aromatic heterocycles. The molecule has 0 bridgehead atoms. The van der Waals surface area contributed by atoms with Gasteiger partial charge in [0.15, 0.2) is 0 Å². The molecule has 1 aromatic rings. The molecule has 0 unspecified atom stereocenters. The van der Waals surface area contributed by atoms with Gasteiger partial charge in [0.1, 0.15) is 0 Å². The molecule has 1 aliphatic heterocycles. The number of benzene rings is 1. The summed E-state index contributed by atoms with van der Waals surface area (Å²) in [6, 6.07) is 3.69. The fourth-order valence-corrected chi connectivity index (χ4v) is 2.66. The zero-order valence-electron chi connectivity index (χ0n) is 9.65. The molecule has 5 nitrogen and oxygen atoms in total. The van der Waals surface area contributed by atoms with E-state index in [1.807, 2.05) is 6.07 Å². The van der Waals surface area contributed by atoms with Crippen molar-refractivity contribution >= 4 is 39.2 Å². The Morgan fingerprint density at radius 3 is 2.78 bits per heavy atom. The third kappa shape index (κ3) is 2.48. The van der Waals surface area contributed by atoms with Crippen molar-refractivity contribution in [1.29, 1.82) is 0 Å². The Labute approximate surface area is 113 Å². The third-order valence-electron chi connectivity index (χ3n) is 2.91. The average Bonchev–Trinajstić information content (AvgIpc) is 2.69. The maximum absolute atomic E-state index is 11.9. The number of amides is 1. The topological polar surface area (TPSA) is 83.6 Å². The van der Waals surface area contributed by atoms with Crippen molar-refractivity contribution < 1.29 is 14.7 Å². The number of carbonyl (C=O) groups excluding carboxylic acids is 1. The van der Waals surface area contributed by atoms with Crippen LogP contribution in [0.3, 0.4) is 0 Å². The SMILES string of the molecule is Nc1cc(Br)cc2c1N(C(=O)CCC(=O)O)CC2. The second-order valence-corrected chi connectivity index (χ2v) is 5.11. The summed E-state index contributed by atoms with van der Waals surface area (Å²) in [5.74, 6) is -1.16. The minimum atomic E-state index is -0.966. The number of nitrogens with two attached hydrogens (primary N) is 1. The number of fused-ring (bicyclic) bond motifs is 1. The van der Waals surface area contributed by atoms with Gasteiger partial charge < -0.3 is 15.7 Å². The van der Waals surface area contributed by atoms with Crippen LogP contribution in [-0.4, -0.2) is 23.5 Å². The fraction of sp³-hybridized carbons (Fsp3) is 0.333. The van der Waals surface area contributed by atoms with Crippen LogP contribution in [0.4, 0.5) is 11.4 Å². The smallest absolute Gasteiger partial charge is 0.303 e. The highest BCUT2D eigenvalue weighted by Crippen LogP contribution is 2.36. The number of nitrogen functional groups attached to an aromatic ring is 1. The van der Waals surface area contributed by atoms with E-state index >= 15 is 0 Å². The van der Waals surface area contributed by atoms with Crippen LogP contribution in [-0.2, 0) is 16.0 Å². The maximum Gasteiger partial charge on any atom is 0.303 e. The molecular weight excluding hydrogens is 300 g/mol. The van der Waals surface area contributed by atoms with Crippen molar-refractivity contribution in [3.8, 4) is 0 Å². The van der Waals surface area contributed by atoms with E-state index in [0.717, 1.165) is 22.1 Å². The highest BCUT2D eigenvalue weighted by atomic mass is 79.9. The summed E-state index contributed by atoms with van der Waals surface area (Å²) in [6.45, 7) is 0.564. The predicted molar refractivity (Wildman–Crippen MR) is 71.5 cm³/mol. The van der Waals surface area contributed by atoms with Crippen LogP contribution in [0.25, 0.3) is 0 Å². The van der Waals surface area contributed by atoms with Crippen molar-refractivity contribution in [3.63, 3.8) is 0 Å². The van der Waals surface area contributed by atoms with Gasteiger partial charge in [-0.15, -0.1) is 0 Å². The zero-order chi connectivity index (χ0) is 13.3. The van der Waals surface area contributed by atoms with Gasteiger partial charge in [0.2, 0.25) is 5.91 Å². The molecule has 0 saturated heterocycles. The van der Waals surface area contributed by atoms with Gasteiger partial charge in [-0.1, -0.05) is 15.9 Å². The quantitative estimate of drug-likeness (QED) is 0.833. The molecule has 1 amide bonds. The molecule has 96 valence electrons. The van der Waals surface area contributed by atoms with Crippen molar-refractivity contribution in [1.82, 2.24) is 0 Å². The van der Waals surface area contributed by atoms with Gasteiger partial charge in [-0.25, -0.2) is 0 Å². The number of hydrogen-bond acceptors (Lipinski definition) is 3. The molecule has 0 spiro atoms. The van der Waals surface area contributed by atoms with Gasteiger partial charge in [0.25, 0.3) is 0 Å². The van der Waals surface area contributed by atoms with E-state index in [2.05, 4.69) is 15.9 Å². The molecule has 6 heteroatoms. The number of carboxylic acids is 1. The highest BCUT2D eigenvalue weighted by Gasteiger charge is 2.27. The first-order valence-electron chi connectivity index (χ1n) is 5.59. The molecule has 1 aliphatic rings. The Bertz CT molecular complexity index is 516. The monoisotopic (exact) mass is 312 g/mol. The number of hydrogen-bond donors (Lipinski definition) is 2. The second kappa shape index (κ2) is 4.97. The number of aliphatic carboxylic acids is 1. The lowest BCUT2D eigenvalue weighted by molar-refractivity contribution is -0.138. The van der Waals surface area contributed by atoms with Crippen molar-refractivity contribution in [2.45, 2.75) is 19.3 Å². The van der Waals surface area contributed by atoms with Crippen molar-refractivity contribution in [2.75, 3.05) is 17.2 Å². The van der Waals surface area contributed by atoms with E-state index in [4.69, 9.17) is 10.8 Å². The normalized spacial score (nSPS) is 13.5. The fourth-order valence-electron chi connectivity index (χ4n) is 2.14. The van der Waals surface area contributed by atoms with E-state index in [0.29, 0.717) is 12.2 Å². The van der Waals surface area contributed by atoms with Crippen molar-refractivity contribution in [2.24, 2.45) is 0 Å². The van der Waals surface area contributed by atoms with Gasteiger partial charge in [-0.05, 0) is 24.1 Å². The first kappa shape index (κ1) is 12.9. The number of carbonyl (C=O) groups is 2. The summed E-state index contributed by atoms with van der Waals surface area (Å²) in [5.41, 5.74) is 8.21. The number of carboxylic acid groups (broad SMARTS) is 1. The van der Waals surface area contributed by atoms with E-state index in [9.17, 15) is 9.59 Å². The summed E-state index contributed by atoms with van der Waals surface area (Å²) < 4.78 is 0.888. The van der Waals surface area contributed by atoms with E-state index in [1.54, 1.807) is 11.0 Å². The van der Waals surface area contributed by atoms with Gasteiger partial charge >= 0.3 is 5.97 Å². The van der Waals surface area contributed by atoms with Gasteiger partial charge in [-0.3, -0.25) is 9.59 Å². The van der Waals surface area contributed by atoms with Gasteiger partial charge in [-0.2, -0.15) is 0 Å². The molecule has 0 radical (unpaired) electrons. The van der Waals surface area contributed by atoms with Crippen LogP contribution in [0.2, 0.25) is 0 Å². The van der Waals surface area contributed by atoms with Crippen LogP contribution < -0.4 is 10.6 Å². The lowest BCUT2D eigenvalue weighted by atomic mass is 10.1. The predicted octanol–water partition coefficient (Wildman–Crippen LogP) is 1.79. The Hall–Kier alpha value is -1.56. The number of rotatable bonds is 3. The standard InChI is InChI=1S/C12H13BrN2O3/c13-8-5-7-3-4-15(12(7)9(14)6-8)10(16)1-2-11(17)18/h5-6H,1-4,14H2,(H,17,18). The number of nitrogens with zero attached hydrogens (tertiary/aromatic N) is 1. The van der Waals surface area contributed by atoms with E-state index in [-0.39, 0.29) is 18.7 Å². The van der Waals surface area contributed by atoms with E-state index < -0.39 is 5.97 Å². The minimum absolute atomic E-state index is 0.00424. The number of halogens is 1. The van der Waals surface area contributed by atoms with E-state index in [1.165, 1.54) is 0 Å². The minimum Gasteiger partial charge on any atom is -0.481 e. The molecule has 2 rings (SSSR count). The van der Waals surface area contributed by atoms with Crippen molar-refractivity contribution in [3.05, 3.63) is 22.2 Å². The maximum atomic E-state index is 11.9. The lowest BCUT2D eigenvalue weighted by Crippen LogP contribution is -2.29. The zero-order valence-corrected chi connectivity index (χ0v) is 11.2. The average molecular weight is 313 g/mol. The number of anilines is 2. The largest absolute Gasteiger partial charge is 0.481 e. The molecule has 0 atom stereocenters. The third-order valence-corrected chi connectivity index (χ3v) is 3.37. The molecule has 1 heterocycles. The lowest BCUT2D eigenvalue weighted by Gasteiger charge is -2.18. The summed E-state index contributed by atoms with van der Waals surface area (Å²) in [5, 5.41) is 8.59. The Kier molecular flexibility index (Phi) is 3.56. The summed E-state index contributed by atoms with van der Waals surface area (Å²) in [7, 11) is 0. The molecule has 0 aliphatic carbocycles. The molecule has 3 N–H and O–H groups in total. The second-order valence-electron chi connectivity index (χ2n) is 4.19. The molecule has 18 heavy (non-hydrogen) atoms. The Morgan fingerprint density at radius 1 is 1.39 bits per heavy atom. The molecular formula is C12H13BrN2O3. The highest BCUT2D eigenvalue weighted by molar-refractivity contribution is 9.10. The molecule has 0 fully saturated rings. The van der Waals surface area contributed by atoms with Gasteiger partial charge in [0, 0.05) is 17.4 Å².